The molecule has 2 rings (SSSR count). The van der Waals surface area contributed by atoms with Crippen LogP contribution in [-0.4, -0.2) is 19.2 Å². The molecular weight excluding hydrogens is 334 g/mol. The molecule has 0 heterocycles. The zero-order valence-electron chi connectivity index (χ0n) is 11.4. The maximum absolute atomic E-state index is 11.9. The van der Waals surface area contributed by atoms with Crippen molar-refractivity contribution in [1.29, 1.82) is 0 Å². The summed E-state index contributed by atoms with van der Waals surface area (Å²) in [4.78, 5) is 11.9. The molecule has 0 aliphatic rings. The van der Waals surface area contributed by atoms with Gasteiger partial charge in [-0.05, 0) is 40.2 Å². The van der Waals surface area contributed by atoms with E-state index in [2.05, 4.69) is 15.9 Å². The van der Waals surface area contributed by atoms with Crippen molar-refractivity contribution in [2.24, 2.45) is 0 Å². The van der Waals surface area contributed by atoms with Crippen LogP contribution in [0.5, 0.6) is 5.75 Å². The highest BCUT2D eigenvalue weighted by Crippen LogP contribution is 2.24. The van der Waals surface area contributed by atoms with E-state index in [0.717, 1.165) is 5.75 Å². The fraction of sp³-hybridized carbons (Fsp3) is 0.188. The molecule has 5 heteroatoms. The van der Waals surface area contributed by atoms with Crippen molar-refractivity contribution in [3.05, 3.63) is 58.6 Å². The second-order valence-corrected chi connectivity index (χ2v) is 5.15. The lowest BCUT2D eigenvalue weighted by Crippen LogP contribution is -2.10. The molecule has 0 atom stereocenters. The van der Waals surface area contributed by atoms with E-state index in [-0.39, 0.29) is 0 Å². The second-order valence-electron chi connectivity index (χ2n) is 4.36. The molecule has 0 saturated carbocycles. The number of nitrogen functional groups attached to an aromatic ring is 1. The van der Waals surface area contributed by atoms with Gasteiger partial charge in [-0.25, -0.2) is 4.79 Å². The van der Waals surface area contributed by atoms with Crippen molar-refractivity contribution >= 4 is 27.6 Å². The predicted octanol–water partition coefficient (Wildman–Crippen LogP) is 3.66. The molecule has 21 heavy (non-hydrogen) atoms. The van der Waals surface area contributed by atoms with Crippen molar-refractivity contribution in [2.75, 3.05) is 18.9 Å². The minimum atomic E-state index is -0.395. The van der Waals surface area contributed by atoms with Gasteiger partial charge in [-0.1, -0.05) is 24.3 Å². The van der Waals surface area contributed by atoms with Crippen LogP contribution in [0.15, 0.2) is 53.0 Å². The number of esters is 1. The third-order valence-electron chi connectivity index (χ3n) is 2.78. The molecule has 4 nitrogen and oxygen atoms in total. The maximum Gasteiger partial charge on any atom is 0.339 e. The molecule has 0 saturated heterocycles. The number of ether oxygens (including phenoxy) is 2. The normalized spacial score (nSPS) is 10.1. The molecule has 0 radical (unpaired) electrons. The Labute approximate surface area is 132 Å². The van der Waals surface area contributed by atoms with E-state index in [9.17, 15) is 4.79 Å². The van der Waals surface area contributed by atoms with E-state index in [1.54, 1.807) is 18.2 Å². The number of hydrogen-bond donors (Lipinski definition) is 1. The lowest BCUT2D eigenvalue weighted by atomic mass is 10.2. The third kappa shape index (κ3) is 4.49. The Balaban J connectivity index is 1.73. The molecule has 2 aromatic rings. The smallest absolute Gasteiger partial charge is 0.339 e. The zero-order valence-corrected chi connectivity index (χ0v) is 13.0. The van der Waals surface area contributed by atoms with Gasteiger partial charge in [-0.2, -0.15) is 0 Å². The van der Waals surface area contributed by atoms with Gasteiger partial charge in [0.25, 0.3) is 0 Å². The van der Waals surface area contributed by atoms with Crippen molar-refractivity contribution in [2.45, 2.75) is 6.42 Å². The van der Waals surface area contributed by atoms with Gasteiger partial charge in [0, 0.05) is 12.1 Å². The molecule has 0 bridgehead atoms. The van der Waals surface area contributed by atoms with Gasteiger partial charge in [0.2, 0.25) is 0 Å². The van der Waals surface area contributed by atoms with Crippen molar-refractivity contribution in [3.8, 4) is 5.75 Å². The first-order chi connectivity index (χ1) is 10.2. The van der Waals surface area contributed by atoms with E-state index in [1.807, 2.05) is 30.3 Å². The van der Waals surface area contributed by atoms with Crippen LogP contribution >= 0.6 is 15.9 Å². The Morgan fingerprint density at radius 3 is 2.57 bits per heavy atom. The topological polar surface area (TPSA) is 61.6 Å². The van der Waals surface area contributed by atoms with Crippen LogP contribution in [0.4, 0.5) is 5.69 Å². The van der Waals surface area contributed by atoms with E-state index < -0.39 is 5.97 Å². The number of halogens is 1. The highest BCUT2D eigenvalue weighted by Gasteiger charge is 2.12. The van der Waals surface area contributed by atoms with Crippen LogP contribution in [0.1, 0.15) is 16.8 Å². The van der Waals surface area contributed by atoms with Gasteiger partial charge in [-0.3, -0.25) is 0 Å². The fourth-order valence-electron chi connectivity index (χ4n) is 1.72. The Hall–Kier alpha value is -2.01. The molecule has 0 spiro atoms. The average Bonchev–Trinajstić information content (AvgIpc) is 2.50. The van der Waals surface area contributed by atoms with Crippen LogP contribution in [0.3, 0.4) is 0 Å². The van der Waals surface area contributed by atoms with Gasteiger partial charge in [-0.15, -0.1) is 0 Å². The highest BCUT2D eigenvalue weighted by molar-refractivity contribution is 9.10. The van der Waals surface area contributed by atoms with Gasteiger partial charge >= 0.3 is 5.97 Å². The molecule has 2 aromatic carbocycles. The van der Waals surface area contributed by atoms with Crippen molar-refractivity contribution in [3.63, 3.8) is 0 Å². The molecule has 110 valence electrons. The average molecular weight is 350 g/mol. The summed E-state index contributed by atoms with van der Waals surface area (Å²) in [5, 5.41) is 0. The van der Waals surface area contributed by atoms with Crippen LogP contribution in [0.2, 0.25) is 0 Å². The highest BCUT2D eigenvalue weighted by atomic mass is 79.9. The first kappa shape index (κ1) is 15.4. The van der Waals surface area contributed by atoms with Crippen molar-refractivity contribution in [1.82, 2.24) is 0 Å². The molecule has 0 unspecified atom stereocenters. The standard InChI is InChI=1S/C16H16BrNO3/c17-15-13(8-4-9-14(15)18)16(19)21-11-5-10-20-12-6-2-1-3-7-12/h1-4,6-9H,5,10-11,18H2. The maximum atomic E-state index is 11.9. The summed E-state index contributed by atoms with van der Waals surface area (Å²) in [5.74, 6) is 0.413. The van der Waals surface area contributed by atoms with Crippen LogP contribution in [-0.2, 0) is 4.74 Å². The number of carbonyl (C=O) groups excluding carboxylic acids is 1. The van der Waals surface area contributed by atoms with E-state index >= 15 is 0 Å². The molecule has 2 N–H and O–H groups in total. The van der Waals surface area contributed by atoms with E-state index in [4.69, 9.17) is 15.2 Å². The zero-order chi connectivity index (χ0) is 15.1. The lowest BCUT2D eigenvalue weighted by Gasteiger charge is -2.08. The van der Waals surface area contributed by atoms with Crippen molar-refractivity contribution < 1.29 is 14.3 Å². The molecule has 0 amide bonds. The van der Waals surface area contributed by atoms with E-state index in [1.165, 1.54) is 0 Å². The number of hydrogen-bond acceptors (Lipinski definition) is 4. The van der Waals surface area contributed by atoms with Gasteiger partial charge in [0.05, 0.1) is 23.2 Å². The molecule has 0 aliphatic heterocycles. The lowest BCUT2D eigenvalue weighted by molar-refractivity contribution is 0.0485. The quantitative estimate of drug-likeness (QED) is 0.491. The van der Waals surface area contributed by atoms with Gasteiger partial charge in [0.15, 0.2) is 0 Å². The predicted molar refractivity (Wildman–Crippen MR) is 85.4 cm³/mol. The Bertz CT molecular complexity index is 602. The summed E-state index contributed by atoms with van der Waals surface area (Å²) in [5.41, 5.74) is 6.67. The Morgan fingerprint density at radius 1 is 1.05 bits per heavy atom. The number of nitrogens with two attached hydrogens (primary N) is 1. The van der Waals surface area contributed by atoms with E-state index in [0.29, 0.717) is 35.4 Å². The number of benzene rings is 2. The van der Waals surface area contributed by atoms with Gasteiger partial charge in [0.1, 0.15) is 5.75 Å². The van der Waals surface area contributed by atoms with Crippen LogP contribution in [0.25, 0.3) is 0 Å². The van der Waals surface area contributed by atoms with Crippen LogP contribution in [0, 0.1) is 0 Å². The molecule has 0 aromatic heterocycles. The Kier molecular flexibility index (Phi) is 5.63. The second kappa shape index (κ2) is 7.69. The minimum absolute atomic E-state index is 0.299. The monoisotopic (exact) mass is 349 g/mol. The minimum Gasteiger partial charge on any atom is -0.493 e. The summed E-state index contributed by atoms with van der Waals surface area (Å²) in [7, 11) is 0. The first-order valence-corrected chi connectivity index (χ1v) is 7.37. The SMILES string of the molecule is Nc1cccc(C(=O)OCCCOc2ccccc2)c1Br. The summed E-state index contributed by atoms with van der Waals surface area (Å²) in [6.07, 6.45) is 0.626. The largest absolute Gasteiger partial charge is 0.493 e. The first-order valence-electron chi connectivity index (χ1n) is 6.57. The number of anilines is 1. The summed E-state index contributed by atoms with van der Waals surface area (Å²) in [6, 6.07) is 14.6. The molecule has 0 fully saturated rings. The molecular formula is C16H16BrNO3. The van der Waals surface area contributed by atoms with Gasteiger partial charge < -0.3 is 15.2 Å². The van der Waals surface area contributed by atoms with Crippen LogP contribution < -0.4 is 10.5 Å². The summed E-state index contributed by atoms with van der Waals surface area (Å²) in [6.45, 7) is 0.794. The summed E-state index contributed by atoms with van der Waals surface area (Å²) < 4.78 is 11.3. The molecule has 0 aliphatic carbocycles. The third-order valence-corrected chi connectivity index (χ3v) is 3.67. The number of para-hydroxylation sites is 1. The summed E-state index contributed by atoms with van der Waals surface area (Å²) >= 11 is 3.28. The Morgan fingerprint density at radius 2 is 1.81 bits per heavy atom. The fourth-order valence-corrected chi connectivity index (χ4v) is 2.14. The number of carbonyl (C=O) groups is 1. The number of rotatable bonds is 6.